The van der Waals surface area contributed by atoms with Crippen LogP contribution < -0.4 is 5.73 Å². The second kappa shape index (κ2) is 5.10. The zero-order valence-corrected chi connectivity index (χ0v) is 10.7. The highest BCUT2D eigenvalue weighted by Crippen LogP contribution is 2.21. The molecule has 0 unspecified atom stereocenters. The normalized spacial score (nSPS) is 22.5. The lowest BCUT2D eigenvalue weighted by atomic mass is 9.92. The molecular formula is C12H18ClN3O. The largest absolute Gasteiger partial charge is 0.356 e. The molecule has 2 atom stereocenters. The van der Waals surface area contributed by atoms with Crippen molar-refractivity contribution in [3.05, 3.63) is 23.0 Å². The number of hydrogen-bond acceptors (Lipinski definition) is 2. The van der Waals surface area contributed by atoms with Gasteiger partial charge in [0.05, 0.1) is 5.02 Å². The van der Waals surface area contributed by atoms with Gasteiger partial charge in [0.25, 0.3) is 5.91 Å². The number of halogens is 1. The molecule has 2 rings (SSSR count). The molecule has 0 spiro atoms. The summed E-state index contributed by atoms with van der Waals surface area (Å²) in [6.45, 7) is 3.55. The lowest BCUT2D eigenvalue weighted by Crippen LogP contribution is -2.45. The van der Waals surface area contributed by atoms with Gasteiger partial charge in [-0.3, -0.25) is 4.79 Å². The number of nitrogens with one attached hydrogen (secondary N) is 1. The first kappa shape index (κ1) is 12.5. The Morgan fingerprint density at radius 2 is 2.47 bits per heavy atom. The third-order valence-corrected chi connectivity index (χ3v) is 3.59. The first-order chi connectivity index (χ1) is 8.08. The van der Waals surface area contributed by atoms with Crippen molar-refractivity contribution in [1.29, 1.82) is 0 Å². The quantitative estimate of drug-likeness (QED) is 0.848. The number of carbonyl (C=O) groups is 1. The Morgan fingerprint density at radius 1 is 1.71 bits per heavy atom. The second-order valence-electron chi connectivity index (χ2n) is 4.74. The number of nitrogens with two attached hydrogens (primary N) is 1. The fourth-order valence-electron chi connectivity index (χ4n) is 2.29. The molecule has 0 saturated carbocycles. The lowest BCUT2D eigenvalue weighted by molar-refractivity contribution is 0.0655. The smallest absolute Gasteiger partial charge is 0.270 e. The Hall–Kier alpha value is -1.00. The molecule has 1 fully saturated rings. The third-order valence-electron chi connectivity index (χ3n) is 3.37. The van der Waals surface area contributed by atoms with Crippen LogP contribution in [0.15, 0.2) is 12.3 Å². The molecule has 0 radical (unpaired) electrons. The molecule has 17 heavy (non-hydrogen) atoms. The van der Waals surface area contributed by atoms with Gasteiger partial charge in [0, 0.05) is 25.3 Å². The van der Waals surface area contributed by atoms with E-state index in [1.165, 1.54) is 0 Å². The minimum absolute atomic E-state index is 0.0160. The van der Waals surface area contributed by atoms with E-state index in [1.54, 1.807) is 12.3 Å². The highest BCUT2D eigenvalue weighted by molar-refractivity contribution is 6.30. The Morgan fingerprint density at radius 3 is 3.06 bits per heavy atom. The number of aromatic nitrogens is 1. The first-order valence-electron chi connectivity index (χ1n) is 5.96. The molecule has 0 bridgehead atoms. The molecule has 4 nitrogen and oxygen atoms in total. The van der Waals surface area contributed by atoms with Crippen molar-refractivity contribution < 1.29 is 4.79 Å². The first-order valence-corrected chi connectivity index (χ1v) is 6.34. The van der Waals surface area contributed by atoms with Crippen molar-refractivity contribution in [2.75, 3.05) is 13.1 Å². The van der Waals surface area contributed by atoms with Gasteiger partial charge in [-0.2, -0.15) is 0 Å². The van der Waals surface area contributed by atoms with Crippen molar-refractivity contribution in [2.24, 2.45) is 11.7 Å². The van der Waals surface area contributed by atoms with Crippen LogP contribution in [0, 0.1) is 5.92 Å². The average Bonchev–Trinajstić information content (AvgIpc) is 2.75. The summed E-state index contributed by atoms with van der Waals surface area (Å²) in [5.41, 5.74) is 6.46. The summed E-state index contributed by atoms with van der Waals surface area (Å²) >= 11 is 5.80. The van der Waals surface area contributed by atoms with Crippen molar-refractivity contribution >= 4 is 17.5 Å². The van der Waals surface area contributed by atoms with Crippen molar-refractivity contribution in [3.8, 4) is 0 Å². The van der Waals surface area contributed by atoms with Gasteiger partial charge in [-0.25, -0.2) is 0 Å². The molecule has 0 aliphatic carbocycles. The highest BCUT2D eigenvalue weighted by atomic mass is 35.5. The van der Waals surface area contributed by atoms with E-state index in [1.807, 2.05) is 11.8 Å². The maximum absolute atomic E-state index is 12.2. The summed E-state index contributed by atoms with van der Waals surface area (Å²) in [4.78, 5) is 16.9. The SMILES string of the molecule is C[C@H](N)[C@H]1CCCN(C(=O)c2cc(Cl)c[nH]2)C1. The molecule has 1 saturated heterocycles. The van der Waals surface area contributed by atoms with Gasteiger partial charge in [-0.1, -0.05) is 11.6 Å². The monoisotopic (exact) mass is 255 g/mol. The van der Waals surface area contributed by atoms with Crippen LogP contribution in [0.2, 0.25) is 5.02 Å². The summed E-state index contributed by atoms with van der Waals surface area (Å²) in [6.07, 6.45) is 3.75. The molecule has 1 aliphatic heterocycles. The molecule has 94 valence electrons. The van der Waals surface area contributed by atoms with Gasteiger partial charge in [0.2, 0.25) is 0 Å². The van der Waals surface area contributed by atoms with E-state index in [-0.39, 0.29) is 11.9 Å². The third kappa shape index (κ3) is 2.82. The van der Waals surface area contributed by atoms with Crippen molar-refractivity contribution in [2.45, 2.75) is 25.8 Å². The van der Waals surface area contributed by atoms with E-state index in [0.717, 1.165) is 25.9 Å². The summed E-state index contributed by atoms with van der Waals surface area (Å²) in [5, 5.41) is 0.564. The van der Waals surface area contributed by atoms with Gasteiger partial charge in [-0.15, -0.1) is 0 Å². The fourth-order valence-corrected chi connectivity index (χ4v) is 2.45. The summed E-state index contributed by atoms with van der Waals surface area (Å²) in [5.74, 6) is 0.417. The number of piperidine rings is 1. The van der Waals surface area contributed by atoms with Crippen molar-refractivity contribution in [3.63, 3.8) is 0 Å². The molecule has 1 aliphatic rings. The minimum Gasteiger partial charge on any atom is -0.356 e. The Labute approximate surface area is 106 Å². The predicted octanol–water partition coefficient (Wildman–Crippen LogP) is 1.87. The Bertz CT molecular complexity index is 402. The standard InChI is InChI=1S/C12H18ClN3O/c1-8(14)9-3-2-4-16(7-9)12(17)11-5-10(13)6-15-11/h5-6,8-9,15H,2-4,7,14H2,1H3/t8-,9-/m0/s1. The highest BCUT2D eigenvalue weighted by Gasteiger charge is 2.26. The fraction of sp³-hybridized carbons (Fsp3) is 0.583. The molecular weight excluding hydrogens is 238 g/mol. The van der Waals surface area contributed by atoms with E-state index in [0.29, 0.717) is 16.6 Å². The number of carbonyl (C=O) groups excluding carboxylic acids is 1. The van der Waals surface area contributed by atoms with Crippen LogP contribution in [-0.2, 0) is 0 Å². The number of nitrogens with zero attached hydrogens (tertiary/aromatic N) is 1. The molecule has 1 aromatic heterocycles. The Kier molecular flexibility index (Phi) is 3.74. The number of amides is 1. The minimum atomic E-state index is 0.0160. The van der Waals surface area contributed by atoms with Gasteiger partial charge in [0.1, 0.15) is 5.69 Å². The summed E-state index contributed by atoms with van der Waals surface area (Å²) < 4.78 is 0. The van der Waals surface area contributed by atoms with Gasteiger partial charge >= 0.3 is 0 Å². The lowest BCUT2D eigenvalue weighted by Gasteiger charge is -2.34. The topological polar surface area (TPSA) is 62.1 Å². The van der Waals surface area contributed by atoms with E-state index >= 15 is 0 Å². The molecule has 1 amide bonds. The van der Waals surface area contributed by atoms with Crippen LogP contribution in [0.4, 0.5) is 0 Å². The maximum atomic E-state index is 12.2. The summed E-state index contributed by atoms with van der Waals surface area (Å²) in [6, 6.07) is 1.80. The van der Waals surface area contributed by atoms with Crippen LogP contribution in [0.25, 0.3) is 0 Å². The van der Waals surface area contributed by atoms with Crippen LogP contribution in [0.1, 0.15) is 30.3 Å². The molecule has 1 aromatic rings. The molecule has 0 aromatic carbocycles. The molecule has 2 heterocycles. The van der Waals surface area contributed by atoms with E-state index in [2.05, 4.69) is 4.98 Å². The number of aromatic amines is 1. The Balaban J connectivity index is 2.04. The molecule has 5 heteroatoms. The van der Waals surface area contributed by atoms with E-state index < -0.39 is 0 Å². The van der Waals surface area contributed by atoms with Gasteiger partial charge < -0.3 is 15.6 Å². The maximum Gasteiger partial charge on any atom is 0.270 e. The zero-order valence-electron chi connectivity index (χ0n) is 9.95. The second-order valence-corrected chi connectivity index (χ2v) is 5.18. The van der Waals surface area contributed by atoms with E-state index in [9.17, 15) is 4.79 Å². The van der Waals surface area contributed by atoms with Crippen LogP contribution in [0.3, 0.4) is 0 Å². The number of hydrogen-bond donors (Lipinski definition) is 2. The zero-order chi connectivity index (χ0) is 12.4. The van der Waals surface area contributed by atoms with Gasteiger partial charge in [0.15, 0.2) is 0 Å². The predicted molar refractivity (Wildman–Crippen MR) is 68.1 cm³/mol. The summed E-state index contributed by atoms with van der Waals surface area (Å²) in [7, 11) is 0. The number of likely N-dealkylation sites (tertiary alicyclic amines) is 1. The van der Waals surface area contributed by atoms with Crippen molar-refractivity contribution in [1.82, 2.24) is 9.88 Å². The molecule has 3 N–H and O–H groups in total. The number of rotatable bonds is 2. The number of H-pyrrole nitrogens is 1. The average molecular weight is 256 g/mol. The van der Waals surface area contributed by atoms with E-state index in [4.69, 9.17) is 17.3 Å². The van der Waals surface area contributed by atoms with Gasteiger partial charge in [-0.05, 0) is 31.7 Å². The van der Waals surface area contributed by atoms with Crippen LogP contribution in [-0.4, -0.2) is 34.9 Å². The van der Waals surface area contributed by atoms with Crippen LogP contribution in [0.5, 0.6) is 0 Å². The van der Waals surface area contributed by atoms with Crippen LogP contribution >= 0.6 is 11.6 Å².